The zero-order chi connectivity index (χ0) is 28.5. The van der Waals surface area contributed by atoms with E-state index in [1.165, 1.54) is 25.1 Å². The number of methoxy groups -OCH3 is 1. The summed E-state index contributed by atoms with van der Waals surface area (Å²) in [7, 11) is 3.12. The number of likely N-dealkylation sites (N-methyl/N-ethyl adjacent to an activating group) is 1. The third kappa shape index (κ3) is 8.32. The SMILES string of the molecule is COc1cc(CC(=O)N(C)Cc2cnc(CC(NC(C)=O)C(=O)O)[nH]2)ccc1NC(=O)Nc1ccccc1C. The Hall–Kier alpha value is -4.87. The van der Waals surface area contributed by atoms with Crippen molar-refractivity contribution in [3.63, 3.8) is 0 Å². The van der Waals surface area contributed by atoms with Crippen molar-refractivity contribution in [1.29, 1.82) is 0 Å². The molecule has 3 aromatic rings. The van der Waals surface area contributed by atoms with E-state index in [1.54, 1.807) is 31.3 Å². The first-order valence-electron chi connectivity index (χ1n) is 12.1. The number of hydrogen-bond acceptors (Lipinski definition) is 6. The Morgan fingerprint density at radius 3 is 2.49 bits per heavy atom. The van der Waals surface area contributed by atoms with Crippen LogP contribution in [0.25, 0.3) is 0 Å². The van der Waals surface area contributed by atoms with Gasteiger partial charge in [0.25, 0.3) is 0 Å². The van der Waals surface area contributed by atoms with Gasteiger partial charge in [0, 0.05) is 26.1 Å². The molecule has 1 heterocycles. The number of para-hydroxylation sites is 1. The van der Waals surface area contributed by atoms with Crippen molar-refractivity contribution in [3.8, 4) is 5.75 Å². The molecule has 5 N–H and O–H groups in total. The summed E-state index contributed by atoms with van der Waals surface area (Å²) in [6, 6.07) is 11.0. The first-order valence-corrected chi connectivity index (χ1v) is 12.1. The molecular formula is C27H32N6O6. The Kier molecular flexibility index (Phi) is 9.63. The van der Waals surface area contributed by atoms with Gasteiger partial charge in [0.05, 0.1) is 37.7 Å². The lowest BCUT2D eigenvalue weighted by atomic mass is 10.1. The maximum absolute atomic E-state index is 12.9. The summed E-state index contributed by atoms with van der Waals surface area (Å²) in [4.78, 5) is 56.6. The Morgan fingerprint density at radius 2 is 1.82 bits per heavy atom. The molecule has 1 atom stereocenters. The summed E-state index contributed by atoms with van der Waals surface area (Å²) < 4.78 is 5.43. The van der Waals surface area contributed by atoms with Gasteiger partial charge < -0.3 is 35.7 Å². The summed E-state index contributed by atoms with van der Waals surface area (Å²) in [5.74, 6) is -1.00. The number of carboxylic acid groups (broad SMARTS) is 1. The molecule has 12 heteroatoms. The van der Waals surface area contributed by atoms with E-state index in [0.717, 1.165) is 5.56 Å². The van der Waals surface area contributed by atoms with Gasteiger partial charge in [0.1, 0.15) is 17.6 Å². The number of aryl methyl sites for hydroxylation is 1. The van der Waals surface area contributed by atoms with Gasteiger partial charge in [-0.15, -0.1) is 0 Å². The number of nitrogens with one attached hydrogen (secondary N) is 4. The highest BCUT2D eigenvalue weighted by molar-refractivity contribution is 6.01. The van der Waals surface area contributed by atoms with E-state index >= 15 is 0 Å². The van der Waals surface area contributed by atoms with E-state index in [9.17, 15) is 24.3 Å². The predicted molar refractivity (Wildman–Crippen MR) is 145 cm³/mol. The number of carboxylic acids is 1. The van der Waals surface area contributed by atoms with Crippen molar-refractivity contribution in [1.82, 2.24) is 20.2 Å². The lowest BCUT2D eigenvalue weighted by Crippen LogP contribution is -2.41. The maximum atomic E-state index is 12.9. The highest BCUT2D eigenvalue weighted by Gasteiger charge is 2.21. The Morgan fingerprint density at radius 1 is 1.10 bits per heavy atom. The highest BCUT2D eigenvalue weighted by atomic mass is 16.5. The predicted octanol–water partition coefficient (Wildman–Crippen LogP) is 2.70. The molecule has 39 heavy (non-hydrogen) atoms. The fraction of sp³-hybridized carbons (Fsp3) is 0.296. The number of rotatable bonds is 11. The average molecular weight is 537 g/mol. The van der Waals surface area contributed by atoms with Gasteiger partial charge in [-0.2, -0.15) is 0 Å². The smallest absolute Gasteiger partial charge is 0.326 e. The Balaban J connectivity index is 1.58. The number of carbonyl (C=O) groups is 4. The van der Waals surface area contributed by atoms with E-state index in [0.29, 0.717) is 34.2 Å². The quantitative estimate of drug-likeness (QED) is 0.251. The lowest BCUT2D eigenvalue weighted by Gasteiger charge is -2.17. The molecule has 2 aromatic carbocycles. The van der Waals surface area contributed by atoms with Crippen LogP contribution in [0, 0.1) is 6.92 Å². The minimum atomic E-state index is -1.17. The number of ether oxygens (including phenoxy) is 1. The zero-order valence-electron chi connectivity index (χ0n) is 22.2. The standard InChI is InChI=1S/C27H32N6O6/c1-16-7-5-6-8-20(16)31-27(38)32-21-10-9-18(11-23(21)39-4)12-25(35)33(3)15-19-14-28-24(30-19)13-22(26(36)37)29-17(2)34/h5-11,14,22H,12-13,15H2,1-4H3,(H,28,30)(H,29,34)(H,36,37)(H2,31,32,38). The van der Waals surface area contributed by atoms with E-state index in [2.05, 4.69) is 25.9 Å². The second kappa shape index (κ2) is 13.1. The van der Waals surface area contributed by atoms with E-state index in [-0.39, 0.29) is 25.3 Å². The van der Waals surface area contributed by atoms with E-state index in [1.807, 2.05) is 25.1 Å². The van der Waals surface area contributed by atoms with Crippen LogP contribution in [0.1, 0.15) is 29.6 Å². The van der Waals surface area contributed by atoms with Crippen molar-refractivity contribution in [2.24, 2.45) is 0 Å². The largest absolute Gasteiger partial charge is 0.495 e. The van der Waals surface area contributed by atoms with Crippen LogP contribution in [0.2, 0.25) is 0 Å². The molecule has 0 saturated carbocycles. The molecule has 0 bridgehead atoms. The second-order valence-electron chi connectivity index (χ2n) is 9.01. The second-order valence-corrected chi connectivity index (χ2v) is 9.01. The molecule has 0 aliphatic heterocycles. The number of imidazole rings is 1. The first kappa shape index (κ1) is 28.7. The zero-order valence-corrected chi connectivity index (χ0v) is 22.2. The molecule has 12 nitrogen and oxygen atoms in total. The molecule has 206 valence electrons. The summed E-state index contributed by atoms with van der Waals surface area (Å²) >= 11 is 0. The number of anilines is 2. The first-order chi connectivity index (χ1) is 18.5. The molecule has 3 rings (SSSR count). The minimum absolute atomic E-state index is 0.0181. The molecule has 0 fully saturated rings. The van der Waals surface area contributed by atoms with Gasteiger partial charge in [0.2, 0.25) is 11.8 Å². The van der Waals surface area contributed by atoms with Crippen LogP contribution >= 0.6 is 0 Å². The van der Waals surface area contributed by atoms with Gasteiger partial charge in [-0.1, -0.05) is 24.3 Å². The molecule has 0 aliphatic rings. The summed E-state index contributed by atoms with van der Waals surface area (Å²) in [5.41, 5.74) is 3.39. The van der Waals surface area contributed by atoms with Crippen LogP contribution in [-0.2, 0) is 33.8 Å². The molecule has 1 aromatic heterocycles. The van der Waals surface area contributed by atoms with Crippen LogP contribution in [0.15, 0.2) is 48.7 Å². The Labute approximate surface area is 225 Å². The monoisotopic (exact) mass is 536 g/mol. The number of aromatic amines is 1. The van der Waals surface area contributed by atoms with E-state index in [4.69, 9.17) is 4.74 Å². The molecule has 1 unspecified atom stereocenters. The van der Waals surface area contributed by atoms with Crippen molar-refractivity contribution < 1.29 is 29.0 Å². The van der Waals surface area contributed by atoms with Crippen LogP contribution in [0.5, 0.6) is 5.75 Å². The topological polar surface area (TPSA) is 166 Å². The summed E-state index contributed by atoms with van der Waals surface area (Å²) in [5, 5.41) is 17.2. The van der Waals surface area contributed by atoms with Crippen molar-refractivity contribution >= 4 is 35.2 Å². The van der Waals surface area contributed by atoms with Gasteiger partial charge >= 0.3 is 12.0 Å². The molecule has 0 spiro atoms. The number of hydrogen-bond donors (Lipinski definition) is 5. The fourth-order valence-electron chi connectivity index (χ4n) is 3.82. The molecular weight excluding hydrogens is 504 g/mol. The number of aliphatic carboxylic acids is 1. The van der Waals surface area contributed by atoms with Crippen LogP contribution in [-0.4, -0.2) is 64.0 Å². The number of urea groups is 1. The third-order valence-corrected chi connectivity index (χ3v) is 5.85. The average Bonchev–Trinajstić information content (AvgIpc) is 3.32. The van der Waals surface area contributed by atoms with Gasteiger partial charge in [-0.3, -0.25) is 9.59 Å². The number of carbonyl (C=O) groups excluding carboxylic acids is 3. The Bertz CT molecular complexity index is 1350. The van der Waals surface area contributed by atoms with Gasteiger partial charge in [0.15, 0.2) is 0 Å². The summed E-state index contributed by atoms with van der Waals surface area (Å²) in [6.07, 6.45) is 1.60. The number of H-pyrrole nitrogens is 1. The molecule has 0 radical (unpaired) electrons. The number of nitrogens with zero attached hydrogens (tertiary/aromatic N) is 2. The fourth-order valence-corrected chi connectivity index (χ4v) is 3.82. The van der Waals surface area contributed by atoms with E-state index < -0.39 is 23.9 Å². The third-order valence-electron chi connectivity index (χ3n) is 5.85. The van der Waals surface area contributed by atoms with Crippen LogP contribution < -0.4 is 20.7 Å². The minimum Gasteiger partial charge on any atom is -0.495 e. The van der Waals surface area contributed by atoms with Gasteiger partial charge in [-0.05, 0) is 36.2 Å². The number of amides is 4. The van der Waals surface area contributed by atoms with Crippen molar-refractivity contribution in [2.75, 3.05) is 24.8 Å². The summed E-state index contributed by atoms with van der Waals surface area (Å²) in [6.45, 7) is 3.36. The van der Waals surface area contributed by atoms with Gasteiger partial charge in [-0.25, -0.2) is 14.6 Å². The van der Waals surface area contributed by atoms with Crippen molar-refractivity contribution in [2.45, 2.75) is 39.3 Å². The highest BCUT2D eigenvalue weighted by Crippen LogP contribution is 2.26. The molecule has 0 aliphatic carbocycles. The number of benzene rings is 2. The molecule has 4 amide bonds. The van der Waals surface area contributed by atoms with Crippen LogP contribution in [0.4, 0.5) is 16.2 Å². The van der Waals surface area contributed by atoms with Crippen molar-refractivity contribution in [3.05, 3.63) is 71.3 Å². The van der Waals surface area contributed by atoms with Crippen LogP contribution in [0.3, 0.4) is 0 Å². The maximum Gasteiger partial charge on any atom is 0.326 e. The normalized spacial score (nSPS) is 11.3. The lowest BCUT2D eigenvalue weighted by molar-refractivity contribution is -0.141. The molecule has 0 saturated heterocycles. The number of aromatic nitrogens is 2.